The van der Waals surface area contributed by atoms with Gasteiger partial charge in [-0.25, -0.2) is 12.8 Å². The lowest BCUT2D eigenvalue weighted by molar-refractivity contribution is -0.384. The molecule has 1 saturated carbocycles. The number of nitro benzene ring substituents is 1. The van der Waals surface area contributed by atoms with Gasteiger partial charge in [-0.05, 0) is 66.3 Å². The summed E-state index contributed by atoms with van der Waals surface area (Å²) in [6.07, 6.45) is 1.70. The van der Waals surface area contributed by atoms with E-state index in [1.165, 1.54) is 53.8 Å². The van der Waals surface area contributed by atoms with Crippen LogP contribution in [0, 0.1) is 15.9 Å². The summed E-state index contributed by atoms with van der Waals surface area (Å²) in [6.45, 7) is -0.116. The van der Waals surface area contributed by atoms with Crippen LogP contribution < -0.4 is 9.62 Å². The number of hydrogen-bond donors (Lipinski definition) is 2. The number of nitrogens with one attached hydrogen (secondary N) is 1. The standard InChI is InChI=1S/C26H21ClFN3O6S/c1-29-26(32)24-19-11-18(15-3-4-15)22(12-23(19)37-25(24)16-5-7-17(28)8-6-16)30(38(35)36)13-14-2-9-21(31(33)34)20(27)10-14/h2,5-12,15,38H,3-4,13H2,1H3,(H,29,32). The minimum Gasteiger partial charge on any atom is -0.455 e. The lowest BCUT2D eigenvalue weighted by atomic mass is 10.00. The molecule has 0 bridgehead atoms. The van der Waals surface area contributed by atoms with Gasteiger partial charge in [0.15, 0.2) is 0 Å². The average Bonchev–Trinajstić information content (AvgIpc) is 3.66. The molecule has 12 heteroatoms. The van der Waals surface area contributed by atoms with Crippen LogP contribution in [0.5, 0.6) is 0 Å². The minimum atomic E-state index is -3.13. The van der Waals surface area contributed by atoms with E-state index in [9.17, 15) is 27.7 Å². The van der Waals surface area contributed by atoms with Crippen molar-refractivity contribution < 1.29 is 26.9 Å². The van der Waals surface area contributed by atoms with Crippen molar-refractivity contribution in [3.63, 3.8) is 0 Å². The van der Waals surface area contributed by atoms with Crippen molar-refractivity contribution in [2.45, 2.75) is 25.3 Å². The Morgan fingerprint density at radius 1 is 1.18 bits per heavy atom. The first-order valence-corrected chi connectivity index (χ1v) is 13.1. The lowest BCUT2D eigenvalue weighted by Crippen LogP contribution is -2.22. The highest BCUT2D eigenvalue weighted by molar-refractivity contribution is 7.74. The van der Waals surface area contributed by atoms with E-state index in [2.05, 4.69) is 5.32 Å². The highest BCUT2D eigenvalue weighted by Crippen LogP contribution is 2.48. The van der Waals surface area contributed by atoms with Crippen molar-refractivity contribution in [3.8, 4) is 11.3 Å². The van der Waals surface area contributed by atoms with Crippen LogP contribution in [-0.4, -0.2) is 26.3 Å². The maximum absolute atomic E-state index is 13.5. The average molecular weight is 558 g/mol. The van der Waals surface area contributed by atoms with Gasteiger partial charge in [-0.1, -0.05) is 17.7 Å². The molecule has 9 nitrogen and oxygen atoms in total. The number of halogens is 2. The molecule has 5 rings (SSSR count). The van der Waals surface area contributed by atoms with Gasteiger partial charge in [0.1, 0.15) is 22.2 Å². The smallest absolute Gasteiger partial charge is 0.287 e. The van der Waals surface area contributed by atoms with E-state index in [-0.39, 0.29) is 40.1 Å². The molecule has 0 aliphatic heterocycles. The summed E-state index contributed by atoms with van der Waals surface area (Å²) in [5, 5.41) is 14.1. The number of nitro groups is 1. The highest BCUT2D eigenvalue weighted by Gasteiger charge is 2.32. The van der Waals surface area contributed by atoms with Gasteiger partial charge in [-0.15, -0.1) is 0 Å². The Hall–Kier alpha value is -3.96. The van der Waals surface area contributed by atoms with Crippen molar-refractivity contribution in [2.24, 2.45) is 0 Å². The number of thiol groups is 1. The van der Waals surface area contributed by atoms with E-state index < -0.39 is 27.5 Å². The number of furan rings is 1. The summed E-state index contributed by atoms with van der Waals surface area (Å²) in [7, 11) is -1.64. The zero-order valence-corrected chi connectivity index (χ0v) is 21.6. The first kappa shape index (κ1) is 25.7. The van der Waals surface area contributed by atoms with Crippen LogP contribution in [0.25, 0.3) is 22.3 Å². The Labute approximate surface area is 223 Å². The largest absolute Gasteiger partial charge is 0.455 e. The monoisotopic (exact) mass is 557 g/mol. The Bertz CT molecular complexity index is 1660. The molecular formula is C26H21ClFN3O6S. The lowest BCUT2D eigenvalue weighted by Gasteiger charge is -2.21. The molecule has 0 saturated heterocycles. The van der Waals surface area contributed by atoms with E-state index >= 15 is 0 Å². The Kier molecular flexibility index (Phi) is 6.80. The Morgan fingerprint density at radius 3 is 2.47 bits per heavy atom. The number of fused-ring (bicyclic) bond motifs is 1. The minimum absolute atomic E-state index is 0.0917. The van der Waals surface area contributed by atoms with Crippen LogP contribution in [0.1, 0.15) is 40.2 Å². The van der Waals surface area contributed by atoms with E-state index in [0.29, 0.717) is 22.2 Å². The fraction of sp³-hybridized carbons (Fsp3) is 0.192. The van der Waals surface area contributed by atoms with Crippen molar-refractivity contribution in [1.29, 1.82) is 0 Å². The summed E-state index contributed by atoms with van der Waals surface area (Å²) in [6, 6.07) is 12.9. The number of carbonyl (C=O) groups is 1. The van der Waals surface area contributed by atoms with Gasteiger partial charge in [-0.3, -0.25) is 19.2 Å². The van der Waals surface area contributed by atoms with Crippen LogP contribution in [0.4, 0.5) is 15.8 Å². The van der Waals surface area contributed by atoms with Crippen molar-refractivity contribution in [1.82, 2.24) is 5.32 Å². The summed E-state index contributed by atoms with van der Waals surface area (Å²) in [5.74, 6) is -0.511. The van der Waals surface area contributed by atoms with Gasteiger partial charge in [0.2, 0.25) is 10.9 Å². The topological polar surface area (TPSA) is 123 Å². The van der Waals surface area contributed by atoms with Crippen molar-refractivity contribution >= 4 is 50.7 Å². The van der Waals surface area contributed by atoms with Crippen molar-refractivity contribution in [2.75, 3.05) is 11.4 Å². The van der Waals surface area contributed by atoms with Crippen molar-refractivity contribution in [3.05, 3.63) is 92.2 Å². The summed E-state index contributed by atoms with van der Waals surface area (Å²) < 4.78 is 45.7. The van der Waals surface area contributed by atoms with E-state index in [1.807, 2.05) is 0 Å². The molecule has 1 N–H and O–H groups in total. The molecule has 38 heavy (non-hydrogen) atoms. The van der Waals surface area contributed by atoms with Crippen LogP contribution in [0.2, 0.25) is 5.02 Å². The summed E-state index contributed by atoms with van der Waals surface area (Å²) in [5.41, 5.74) is 2.34. The third-order valence-corrected chi connectivity index (χ3v) is 7.49. The SMILES string of the molecule is CNC(=O)c1c(-c2ccc(F)cc2)oc2cc(N(Cc3ccc([N+](=O)[O-])c(Cl)c3)[SH](=O)=O)c(C3CC3)cc12. The zero-order valence-electron chi connectivity index (χ0n) is 19.9. The maximum Gasteiger partial charge on any atom is 0.287 e. The molecule has 1 aliphatic rings. The molecule has 0 radical (unpaired) electrons. The zero-order chi connectivity index (χ0) is 27.1. The second-order valence-corrected chi connectivity index (χ2v) is 10.3. The number of rotatable bonds is 8. The number of carbonyl (C=O) groups excluding carboxylic acids is 1. The normalized spacial score (nSPS) is 13.2. The number of amides is 1. The molecule has 0 unspecified atom stereocenters. The molecule has 1 aromatic heterocycles. The van der Waals surface area contributed by atoms with Crippen LogP contribution in [0.15, 0.2) is 59.0 Å². The molecule has 3 aromatic carbocycles. The summed E-state index contributed by atoms with van der Waals surface area (Å²) >= 11 is 6.05. The summed E-state index contributed by atoms with van der Waals surface area (Å²) in [4.78, 5) is 23.4. The van der Waals surface area contributed by atoms with Crippen LogP contribution in [-0.2, 0) is 17.4 Å². The molecule has 0 spiro atoms. The molecule has 4 aromatic rings. The number of hydrogen-bond acceptors (Lipinski definition) is 6. The predicted molar refractivity (Wildman–Crippen MR) is 142 cm³/mol. The molecular weight excluding hydrogens is 537 g/mol. The van der Waals surface area contributed by atoms with Gasteiger partial charge in [0.25, 0.3) is 11.6 Å². The van der Waals surface area contributed by atoms with E-state index in [1.54, 1.807) is 12.1 Å². The predicted octanol–water partition coefficient (Wildman–Crippen LogP) is 5.57. The van der Waals surface area contributed by atoms with E-state index in [0.717, 1.165) is 18.4 Å². The van der Waals surface area contributed by atoms with Crippen LogP contribution in [0.3, 0.4) is 0 Å². The van der Waals surface area contributed by atoms with Gasteiger partial charge >= 0.3 is 0 Å². The number of benzene rings is 3. The van der Waals surface area contributed by atoms with Gasteiger partial charge in [-0.2, -0.15) is 0 Å². The molecule has 1 heterocycles. The molecule has 0 atom stereocenters. The number of nitrogens with zero attached hydrogens (tertiary/aromatic N) is 2. The third-order valence-electron chi connectivity index (χ3n) is 6.43. The first-order chi connectivity index (χ1) is 18.2. The van der Waals surface area contributed by atoms with E-state index in [4.69, 9.17) is 16.0 Å². The Balaban J connectivity index is 1.66. The van der Waals surface area contributed by atoms with Gasteiger partial charge in [0, 0.05) is 30.1 Å². The quantitative estimate of drug-likeness (QED) is 0.166. The highest BCUT2D eigenvalue weighted by atomic mass is 35.5. The third kappa shape index (κ3) is 4.82. The second-order valence-electron chi connectivity index (χ2n) is 8.91. The molecule has 1 fully saturated rings. The molecule has 196 valence electrons. The van der Waals surface area contributed by atoms with Gasteiger partial charge in [0.05, 0.1) is 22.7 Å². The fourth-order valence-corrected chi connectivity index (χ4v) is 5.35. The van der Waals surface area contributed by atoms with Crippen LogP contribution >= 0.6 is 11.6 Å². The maximum atomic E-state index is 13.5. The molecule has 1 aliphatic carbocycles. The first-order valence-electron chi connectivity index (χ1n) is 11.6. The number of anilines is 1. The fourth-order valence-electron chi connectivity index (χ4n) is 4.45. The Morgan fingerprint density at radius 2 is 1.89 bits per heavy atom. The second kappa shape index (κ2) is 10.1. The molecule has 1 amide bonds. The van der Waals surface area contributed by atoms with Gasteiger partial charge < -0.3 is 9.73 Å².